The number of carbonyl (C=O) groups excluding carboxylic acids is 2. The van der Waals surface area contributed by atoms with Crippen LogP contribution >= 0.6 is 11.6 Å². The molecule has 2 aromatic rings. The van der Waals surface area contributed by atoms with E-state index in [-0.39, 0.29) is 17.9 Å². The summed E-state index contributed by atoms with van der Waals surface area (Å²) in [6, 6.07) is 10.8. The number of amides is 2. The molecular formula is C27H37ClN4O3. The predicted octanol–water partition coefficient (Wildman–Crippen LogP) is 4.14. The van der Waals surface area contributed by atoms with Crippen molar-refractivity contribution in [2.45, 2.75) is 39.7 Å². The number of halogens is 1. The Hall–Kier alpha value is -2.77. The first kappa shape index (κ1) is 26.8. The van der Waals surface area contributed by atoms with Gasteiger partial charge in [0.25, 0.3) is 11.8 Å². The molecular weight excluding hydrogens is 464 g/mol. The Kier molecular flexibility index (Phi) is 9.40. The van der Waals surface area contributed by atoms with E-state index in [4.69, 9.17) is 22.1 Å². The zero-order chi connectivity index (χ0) is 25.5. The number of piperidine rings is 1. The van der Waals surface area contributed by atoms with Crippen LogP contribution in [0, 0.1) is 18.8 Å². The van der Waals surface area contributed by atoms with Crippen LogP contribution in [0.25, 0.3) is 0 Å². The van der Waals surface area contributed by atoms with E-state index in [1.807, 2.05) is 31.2 Å². The van der Waals surface area contributed by atoms with E-state index in [1.165, 1.54) is 7.11 Å². The number of likely N-dealkylation sites (tertiary alicyclic amines) is 1. The molecule has 35 heavy (non-hydrogen) atoms. The highest BCUT2D eigenvalue weighted by atomic mass is 35.5. The van der Waals surface area contributed by atoms with Crippen LogP contribution in [0.2, 0.25) is 5.02 Å². The normalized spacial score (nSPS) is 15.6. The number of aryl methyl sites for hydroxylation is 1. The number of nitrogens with one attached hydrogen (secondary N) is 2. The molecule has 0 bridgehead atoms. The first-order chi connectivity index (χ1) is 16.7. The highest BCUT2D eigenvalue weighted by Crippen LogP contribution is 2.29. The van der Waals surface area contributed by atoms with Gasteiger partial charge < -0.3 is 26.0 Å². The lowest BCUT2D eigenvalue weighted by Crippen LogP contribution is -2.49. The van der Waals surface area contributed by atoms with Gasteiger partial charge in [-0.05, 0) is 62.9 Å². The van der Waals surface area contributed by atoms with Gasteiger partial charge >= 0.3 is 0 Å². The smallest absolute Gasteiger partial charge is 0.255 e. The number of hydrogen-bond donors (Lipinski definition) is 3. The molecule has 1 heterocycles. The molecule has 2 aromatic carbocycles. The molecule has 1 aliphatic heterocycles. The summed E-state index contributed by atoms with van der Waals surface area (Å²) in [5, 5.41) is 6.57. The molecule has 1 atom stereocenters. The van der Waals surface area contributed by atoms with Crippen LogP contribution in [0.1, 0.15) is 53.0 Å². The van der Waals surface area contributed by atoms with E-state index in [2.05, 4.69) is 29.4 Å². The number of methoxy groups -OCH3 is 1. The van der Waals surface area contributed by atoms with Crippen LogP contribution in [0.5, 0.6) is 5.75 Å². The first-order valence-corrected chi connectivity index (χ1v) is 12.6. The molecule has 190 valence electrons. The number of carbonyl (C=O) groups is 2. The monoisotopic (exact) mass is 500 g/mol. The highest BCUT2D eigenvalue weighted by Gasteiger charge is 2.25. The summed E-state index contributed by atoms with van der Waals surface area (Å²) in [6.45, 7) is 9.56. The standard InChI is InChI=1S/C27H37ClN4O3/c1-17(2)24(31-26(33)20-7-5-18(3)6-8-20)16-32-11-9-19(10-12-32)15-30-27(34)21-13-22(28)23(29)14-25(21)35-4/h5-8,13-14,17,19,24H,9-12,15-16,29H2,1-4H3,(H,30,34)(H,31,33)/t24-/m0/s1. The molecule has 0 unspecified atom stereocenters. The largest absolute Gasteiger partial charge is 0.496 e. The second kappa shape index (κ2) is 12.3. The Balaban J connectivity index is 1.48. The summed E-state index contributed by atoms with van der Waals surface area (Å²) in [5.41, 5.74) is 8.40. The van der Waals surface area contributed by atoms with Gasteiger partial charge in [-0.1, -0.05) is 43.1 Å². The molecule has 7 nitrogen and oxygen atoms in total. The van der Waals surface area contributed by atoms with Crippen molar-refractivity contribution in [3.63, 3.8) is 0 Å². The molecule has 8 heteroatoms. The number of hydrogen-bond acceptors (Lipinski definition) is 5. The van der Waals surface area contributed by atoms with Crippen molar-refractivity contribution in [2.24, 2.45) is 11.8 Å². The molecule has 1 aliphatic rings. The lowest BCUT2D eigenvalue weighted by molar-refractivity contribution is 0.0890. The van der Waals surface area contributed by atoms with Crippen molar-refractivity contribution in [3.8, 4) is 5.75 Å². The van der Waals surface area contributed by atoms with Gasteiger partial charge in [-0.2, -0.15) is 0 Å². The Bertz CT molecular complexity index is 1020. The third-order valence-corrected chi connectivity index (χ3v) is 7.04. The second-order valence-corrected chi connectivity index (χ2v) is 10.1. The summed E-state index contributed by atoms with van der Waals surface area (Å²) in [4.78, 5) is 27.8. The lowest BCUT2D eigenvalue weighted by Gasteiger charge is -2.35. The average molecular weight is 501 g/mol. The lowest BCUT2D eigenvalue weighted by atomic mass is 9.95. The maximum absolute atomic E-state index is 12.7. The average Bonchev–Trinajstić information content (AvgIpc) is 2.84. The van der Waals surface area contributed by atoms with Crippen LogP contribution in [0.3, 0.4) is 0 Å². The van der Waals surface area contributed by atoms with E-state index >= 15 is 0 Å². The first-order valence-electron chi connectivity index (χ1n) is 12.2. The zero-order valence-electron chi connectivity index (χ0n) is 21.1. The number of nitrogens with two attached hydrogens (primary N) is 1. The van der Waals surface area contributed by atoms with Crippen molar-refractivity contribution in [2.75, 3.05) is 39.0 Å². The fourth-order valence-corrected chi connectivity index (χ4v) is 4.44. The summed E-state index contributed by atoms with van der Waals surface area (Å²) in [7, 11) is 1.50. The van der Waals surface area contributed by atoms with Crippen molar-refractivity contribution in [1.29, 1.82) is 0 Å². The molecule has 3 rings (SSSR count). The quantitative estimate of drug-likeness (QED) is 0.450. The Labute approximate surface area is 213 Å². The van der Waals surface area contributed by atoms with Gasteiger partial charge in [-0.3, -0.25) is 9.59 Å². The van der Waals surface area contributed by atoms with Crippen LogP contribution in [-0.4, -0.2) is 56.0 Å². The maximum atomic E-state index is 12.7. The molecule has 0 aliphatic carbocycles. The Morgan fingerprint density at radius 3 is 2.40 bits per heavy atom. The van der Waals surface area contributed by atoms with E-state index in [9.17, 15) is 9.59 Å². The minimum Gasteiger partial charge on any atom is -0.496 e. The summed E-state index contributed by atoms with van der Waals surface area (Å²) < 4.78 is 5.29. The van der Waals surface area contributed by atoms with Crippen molar-refractivity contribution in [3.05, 3.63) is 58.1 Å². The number of nitrogens with zero attached hydrogens (tertiary/aromatic N) is 1. The van der Waals surface area contributed by atoms with Gasteiger partial charge in [0.05, 0.1) is 23.4 Å². The molecule has 0 radical (unpaired) electrons. The van der Waals surface area contributed by atoms with Crippen LogP contribution in [-0.2, 0) is 0 Å². The van der Waals surface area contributed by atoms with Crippen molar-refractivity contribution >= 4 is 29.1 Å². The second-order valence-electron chi connectivity index (χ2n) is 9.72. The third-order valence-electron chi connectivity index (χ3n) is 6.71. The summed E-state index contributed by atoms with van der Waals surface area (Å²) in [5.74, 6) is 0.879. The molecule has 0 spiro atoms. The SMILES string of the molecule is COc1cc(N)c(Cl)cc1C(=O)NCC1CCN(C[C@H](NC(=O)c2ccc(C)cc2)C(C)C)CC1. The van der Waals surface area contributed by atoms with Gasteiger partial charge in [-0.15, -0.1) is 0 Å². The van der Waals surface area contributed by atoms with Crippen molar-refractivity contribution in [1.82, 2.24) is 15.5 Å². The maximum Gasteiger partial charge on any atom is 0.255 e. The van der Waals surface area contributed by atoms with Gasteiger partial charge in [0, 0.05) is 30.8 Å². The number of anilines is 1. The molecule has 0 aromatic heterocycles. The highest BCUT2D eigenvalue weighted by molar-refractivity contribution is 6.33. The molecule has 1 saturated heterocycles. The number of benzene rings is 2. The number of rotatable bonds is 9. The molecule has 0 saturated carbocycles. The molecule has 4 N–H and O–H groups in total. The Morgan fingerprint density at radius 2 is 1.80 bits per heavy atom. The van der Waals surface area contributed by atoms with Crippen LogP contribution < -0.4 is 21.1 Å². The van der Waals surface area contributed by atoms with Gasteiger partial charge in [0.2, 0.25) is 0 Å². The minimum atomic E-state index is -0.218. The minimum absolute atomic E-state index is 0.0282. The topological polar surface area (TPSA) is 96.7 Å². The van der Waals surface area contributed by atoms with E-state index in [0.29, 0.717) is 46.0 Å². The Morgan fingerprint density at radius 1 is 1.14 bits per heavy atom. The zero-order valence-corrected chi connectivity index (χ0v) is 21.8. The number of ether oxygens (including phenoxy) is 1. The molecule has 2 amide bonds. The van der Waals surface area contributed by atoms with Gasteiger partial charge in [0.1, 0.15) is 5.75 Å². The van der Waals surface area contributed by atoms with E-state index < -0.39 is 0 Å². The van der Waals surface area contributed by atoms with E-state index in [1.54, 1.807) is 12.1 Å². The summed E-state index contributed by atoms with van der Waals surface area (Å²) in [6.07, 6.45) is 1.97. The number of nitrogen functional groups attached to an aromatic ring is 1. The predicted molar refractivity (Wildman–Crippen MR) is 141 cm³/mol. The van der Waals surface area contributed by atoms with Gasteiger partial charge in [0.15, 0.2) is 0 Å². The fourth-order valence-electron chi connectivity index (χ4n) is 4.28. The third kappa shape index (κ3) is 7.36. The molecule has 1 fully saturated rings. The van der Waals surface area contributed by atoms with E-state index in [0.717, 1.165) is 38.0 Å². The van der Waals surface area contributed by atoms with Crippen molar-refractivity contribution < 1.29 is 14.3 Å². The van der Waals surface area contributed by atoms with Crippen LogP contribution in [0.15, 0.2) is 36.4 Å². The van der Waals surface area contributed by atoms with Crippen LogP contribution in [0.4, 0.5) is 5.69 Å². The summed E-state index contributed by atoms with van der Waals surface area (Å²) >= 11 is 6.10. The fraction of sp³-hybridized carbons (Fsp3) is 0.481. The van der Waals surface area contributed by atoms with Gasteiger partial charge in [-0.25, -0.2) is 0 Å².